The molecule has 2 aliphatic heterocycles. The van der Waals surface area contributed by atoms with Crippen LogP contribution in [0.5, 0.6) is 0 Å². The molecule has 0 unspecified atom stereocenters. The second-order valence-corrected chi connectivity index (χ2v) is 18.8. The number of ether oxygens (including phenoxy) is 11. The average Bonchev–Trinajstić information content (AvgIpc) is 3.49. The summed E-state index contributed by atoms with van der Waals surface area (Å²) in [5, 5.41) is 15.3. The Balaban J connectivity index is 1.16. The third kappa shape index (κ3) is 15.7. The molecule has 11 atom stereocenters. The fraction of sp³-hybridized carbons (Fsp3) is 0.377. The molecule has 0 saturated carbocycles. The van der Waals surface area contributed by atoms with E-state index in [2.05, 4.69) is 5.32 Å². The molecule has 6 aromatic rings. The molecule has 15 heteroatoms. The van der Waals surface area contributed by atoms with E-state index in [1.165, 1.54) is 21.1 Å². The van der Waals surface area contributed by atoms with Crippen LogP contribution in [0.1, 0.15) is 46.7 Å². The molecular weight excluding hydrogens is 971 g/mol. The molecule has 2 saturated heterocycles. The number of aliphatic hydroxyl groups excluding tert-OH is 1. The van der Waals surface area contributed by atoms with Gasteiger partial charge in [0.15, 0.2) is 6.29 Å². The third-order valence-corrected chi connectivity index (χ3v) is 13.3. The molecule has 2 aliphatic rings. The lowest BCUT2D eigenvalue weighted by Gasteiger charge is -2.50. The predicted molar refractivity (Wildman–Crippen MR) is 281 cm³/mol. The highest BCUT2D eigenvalue weighted by Gasteiger charge is 2.59. The Hall–Kier alpha value is -6.18. The Morgan fingerprint density at radius 2 is 1.03 bits per heavy atom. The van der Waals surface area contributed by atoms with Gasteiger partial charge in [-0.1, -0.05) is 182 Å². The molecule has 0 aliphatic carbocycles. The highest BCUT2D eigenvalue weighted by atomic mass is 16.8. The molecule has 1 amide bonds. The third-order valence-electron chi connectivity index (χ3n) is 13.3. The number of benzene rings is 6. The number of rotatable bonds is 27. The quantitative estimate of drug-likeness (QED) is 0.0476. The maximum absolute atomic E-state index is 14.8. The summed E-state index contributed by atoms with van der Waals surface area (Å²) in [6.45, 7) is 1.64. The maximum Gasteiger partial charge on any atom is 0.366 e. The summed E-state index contributed by atoms with van der Waals surface area (Å²) in [4.78, 5) is 28.1. The zero-order chi connectivity index (χ0) is 53.0. The number of carbonyl (C=O) groups is 2. The van der Waals surface area contributed by atoms with Crippen molar-refractivity contribution in [3.63, 3.8) is 0 Å². The van der Waals surface area contributed by atoms with E-state index in [0.29, 0.717) is 0 Å². The van der Waals surface area contributed by atoms with Crippen molar-refractivity contribution >= 4 is 11.9 Å². The number of aliphatic hydroxyl groups is 1. The minimum Gasteiger partial charge on any atom is -0.465 e. The Morgan fingerprint density at radius 1 is 0.592 bits per heavy atom. The van der Waals surface area contributed by atoms with Crippen molar-refractivity contribution in [3.8, 4) is 0 Å². The van der Waals surface area contributed by atoms with Crippen LogP contribution in [-0.2, 0) is 101 Å². The van der Waals surface area contributed by atoms with Crippen LogP contribution in [0.25, 0.3) is 0 Å². The van der Waals surface area contributed by atoms with Crippen molar-refractivity contribution in [2.75, 3.05) is 27.4 Å². The normalized spacial score (nSPS) is 24.3. The van der Waals surface area contributed by atoms with Crippen LogP contribution in [-0.4, -0.2) is 111 Å². The molecular formula is C61H69NO14. The highest BCUT2D eigenvalue weighted by molar-refractivity contribution is 5.78. The number of hydrogen-bond donors (Lipinski definition) is 2. The molecule has 15 nitrogen and oxygen atoms in total. The zero-order valence-electron chi connectivity index (χ0n) is 43.2. The summed E-state index contributed by atoms with van der Waals surface area (Å²) in [5.74, 6) is -3.60. The van der Waals surface area contributed by atoms with Crippen LogP contribution >= 0.6 is 0 Å². The first-order valence-corrected chi connectivity index (χ1v) is 25.6. The first kappa shape index (κ1) is 56.0. The van der Waals surface area contributed by atoms with E-state index >= 15 is 0 Å². The van der Waals surface area contributed by atoms with Gasteiger partial charge < -0.3 is 62.5 Å². The Bertz CT molecular complexity index is 2600. The largest absolute Gasteiger partial charge is 0.465 e. The van der Waals surface area contributed by atoms with E-state index in [1.54, 1.807) is 0 Å². The molecule has 6 aromatic carbocycles. The second-order valence-electron chi connectivity index (χ2n) is 18.8. The molecule has 0 radical (unpaired) electrons. The highest BCUT2D eigenvalue weighted by Crippen LogP contribution is 2.39. The molecule has 0 spiro atoms. The topological polar surface area (TPSA) is 168 Å². The minimum absolute atomic E-state index is 0.0160. The van der Waals surface area contributed by atoms with E-state index in [9.17, 15) is 14.7 Å². The van der Waals surface area contributed by atoms with Gasteiger partial charge >= 0.3 is 5.97 Å². The van der Waals surface area contributed by atoms with E-state index in [4.69, 9.17) is 52.1 Å². The number of esters is 1. The standard InChI is InChI=1S/C61H69NO14/c1-43(63)62-53-51(69-36-45-24-12-5-13-25-45)34-61(60(65)67-3,76-56(53)54(70-37-46-26-14-6-15-27-46)50(64)41-68-35-44-22-10-4-11-23-44)74-42-52-55(71-38-47-28-16-7-17-29-47)57(72-39-48-30-18-8-19-31-48)58(59(66-2)75-52)73-40-49-32-20-9-21-33-49/h4-33,50-59,64H,34-42H2,1-3H3,(H,62,63)/t50-,51+,52-,53-,54-,55+,56-,57+,58-,59+,61-/m1/s1. The molecule has 2 N–H and O–H groups in total. The van der Waals surface area contributed by atoms with Crippen LogP contribution in [0.15, 0.2) is 182 Å². The predicted octanol–water partition coefficient (Wildman–Crippen LogP) is 8.04. The Morgan fingerprint density at radius 3 is 1.49 bits per heavy atom. The van der Waals surface area contributed by atoms with Crippen molar-refractivity contribution in [1.29, 1.82) is 0 Å². The molecule has 0 bridgehead atoms. The lowest BCUT2D eigenvalue weighted by Crippen LogP contribution is -2.69. The molecule has 8 rings (SSSR count). The first-order chi connectivity index (χ1) is 37.2. The molecule has 0 aromatic heterocycles. The van der Waals surface area contributed by atoms with E-state index < -0.39 is 78.8 Å². The van der Waals surface area contributed by atoms with Gasteiger partial charge in [0.1, 0.15) is 42.7 Å². The fourth-order valence-corrected chi connectivity index (χ4v) is 9.45. The fourth-order valence-electron chi connectivity index (χ4n) is 9.45. The van der Waals surface area contributed by atoms with Crippen LogP contribution in [0, 0.1) is 0 Å². The Kier molecular flexibility index (Phi) is 21.2. The van der Waals surface area contributed by atoms with Crippen molar-refractivity contribution in [3.05, 3.63) is 215 Å². The summed E-state index contributed by atoms with van der Waals surface area (Å²) >= 11 is 0. The average molecular weight is 1040 g/mol. The minimum atomic E-state index is -2.27. The van der Waals surface area contributed by atoms with Crippen LogP contribution in [0.4, 0.5) is 0 Å². The van der Waals surface area contributed by atoms with Crippen molar-refractivity contribution in [2.45, 2.75) is 120 Å². The lowest BCUT2D eigenvalue weighted by molar-refractivity contribution is -0.350. The maximum atomic E-state index is 14.8. The SMILES string of the molecule is COC(=O)[C@@]1(OC[C@H]2O[C@H](OC)[C@H](OCc3ccccc3)[C@@H](OCc3ccccc3)[C@H]2OCc2ccccc2)C[C@H](OCc2ccccc2)[C@@H](NC(C)=O)[C@H]([C@H](OCc2ccccc2)[C@H](O)COCc2ccccc2)O1. The monoisotopic (exact) mass is 1040 g/mol. The summed E-state index contributed by atoms with van der Waals surface area (Å²) in [7, 11) is 2.75. The molecule has 402 valence electrons. The van der Waals surface area contributed by atoms with E-state index in [0.717, 1.165) is 33.4 Å². The number of methoxy groups -OCH3 is 2. The van der Waals surface area contributed by atoms with Crippen LogP contribution in [0.2, 0.25) is 0 Å². The van der Waals surface area contributed by atoms with Crippen molar-refractivity contribution < 1.29 is 66.8 Å². The number of hydrogen-bond acceptors (Lipinski definition) is 14. The first-order valence-electron chi connectivity index (χ1n) is 25.6. The Labute approximate surface area is 445 Å². The second kappa shape index (κ2) is 28.8. The van der Waals surface area contributed by atoms with Gasteiger partial charge in [-0.2, -0.15) is 0 Å². The van der Waals surface area contributed by atoms with E-state index in [1.807, 2.05) is 182 Å². The van der Waals surface area contributed by atoms with Crippen molar-refractivity contribution in [2.24, 2.45) is 0 Å². The summed E-state index contributed by atoms with van der Waals surface area (Å²) in [5.41, 5.74) is 5.24. The van der Waals surface area contributed by atoms with Crippen LogP contribution < -0.4 is 5.32 Å². The van der Waals surface area contributed by atoms with Gasteiger partial charge in [-0.05, 0) is 33.4 Å². The zero-order valence-corrected chi connectivity index (χ0v) is 43.2. The van der Waals surface area contributed by atoms with Gasteiger partial charge in [0.05, 0.1) is 72.1 Å². The number of carbonyl (C=O) groups excluding carboxylic acids is 2. The summed E-state index contributed by atoms with van der Waals surface area (Å²) < 4.78 is 72.2. The summed E-state index contributed by atoms with van der Waals surface area (Å²) in [6.07, 6.45) is -9.87. The molecule has 76 heavy (non-hydrogen) atoms. The molecule has 2 fully saturated rings. The van der Waals surface area contributed by atoms with Gasteiger partial charge in [0.2, 0.25) is 5.91 Å². The van der Waals surface area contributed by atoms with Gasteiger partial charge in [0, 0.05) is 20.5 Å². The number of nitrogens with one attached hydrogen (secondary N) is 1. The molecule has 2 heterocycles. The van der Waals surface area contributed by atoms with Crippen LogP contribution in [0.3, 0.4) is 0 Å². The van der Waals surface area contributed by atoms with E-state index in [-0.39, 0.29) is 59.3 Å². The summed E-state index contributed by atoms with van der Waals surface area (Å²) in [6, 6.07) is 56.6. The number of amides is 1. The van der Waals surface area contributed by atoms with Gasteiger partial charge in [-0.25, -0.2) is 4.79 Å². The van der Waals surface area contributed by atoms with Gasteiger partial charge in [-0.15, -0.1) is 0 Å². The van der Waals surface area contributed by atoms with Crippen molar-refractivity contribution in [1.82, 2.24) is 5.32 Å². The lowest BCUT2D eigenvalue weighted by atomic mass is 9.88. The smallest absolute Gasteiger partial charge is 0.366 e. The van der Waals surface area contributed by atoms with Gasteiger partial charge in [-0.3, -0.25) is 4.79 Å². The van der Waals surface area contributed by atoms with Gasteiger partial charge in [0.25, 0.3) is 5.79 Å².